The molecule has 0 aromatic heterocycles. The van der Waals surface area contributed by atoms with Gasteiger partial charge in [-0.1, -0.05) is 12.8 Å². The molecule has 1 atom stereocenters. The summed E-state index contributed by atoms with van der Waals surface area (Å²) < 4.78 is 26.8. The van der Waals surface area contributed by atoms with Gasteiger partial charge in [-0.3, -0.25) is 0 Å². The maximum Gasteiger partial charge on any atom is 0.217 e. The van der Waals surface area contributed by atoms with Crippen molar-refractivity contribution in [2.45, 2.75) is 62.7 Å². The van der Waals surface area contributed by atoms with E-state index >= 15 is 0 Å². The molecule has 0 N–H and O–H groups in total. The molecule has 3 nitrogen and oxygen atoms in total. The third kappa shape index (κ3) is 2.96. The number of hydrogen-bond donors (Lipinski definition) is 0. The summed E-state index contributed by atoms with van der Waals surface area (Å²) in [4.78, 5) is 0. The van der Waals surface area contributed by atoms with Crippen LogP contribution in [0.1, 0.15) is 51.4 Å². The van der Waals surface area contributed by atoms with Gasteiger partial charge < -0.3 is 0 Å². The fourth-order valence-corrected chi connectivity index (χ4v) is 5.60. The van der Waals surface area contributed by atoms with Gasteiger partial charge in [0.1, 0.15) is 0 Å². The highest BCUT2D eigenvalue weighted by Crippen LogP contribution is 2.32. The third-order valence-corrected chi connectivity index (χ3v) is 6.76. The molecule has 2 rings (SSSR count). The predicted molar refractivity (Wildman–Crippen MR) is 70.9 cm³/mol. The highest BCUT2D eigenvalue weighted by atomic mass is 35.5. The minimum Gasteiger partial charge on any atom is -0.212 e. The first-order valence-corrected chi connectivity index (χ1v) is 8.76. The smallest absolute Gasteiger partial charge is 0.212 e. The highest BCUT2D eigenvalue weighted by Gasteiger charge is 2.39. The van der Waals surface area contributed by atoms with E-state index < -0.39 is 10.0 Å². The Morgan fingerprint density at radius 3 is 2.47 bits per heavy atom. The Morgan fingerprint density at radius 1 is 1.12 bits per heavy atom. The van der Waals surface area contributed by atoms with Crippen molar-refractivity contribution < 1.29 is 8.42 Å². The summed E-state index contributed by atoms with van der Waals surface area (Å²) in [5, 5.41) is -0.0981. The maximum absolute atomic E-state index is 12.5. The molecule has 1 heterocycles. The number of halogens is 1. The van der Waals surface area contributed by atoms with Gasteiger partial charge in [-0.05, 0) is 38.5 Å². The topological polar surface area (TPSA) is 37.4 Å². The molecule has 1 saturated heterocycles. The van der Waals surface area contributed by atoms with E-state index in [4.69, 9.17) is 11.6 Å². The zero-order valence-electron chi connectivity index (χ0n) is 10.3. The number of rotatable bonds is 5. The average molecular weight is 280 g/mol. The molecule has 0 aromatic rings. The van der Waals surface area contributed by atoms with E-state index in [9.17, 15) is 8.42 Å². The molecular weight excluding hydrogens is 258 g/mol. The number of nitrogens with zero attached hydrogens (tertiary/aromatic N) is 1. The predicted octanol–water partition coefficient (Wildman–Crippen LogP) is 2.74. The van der Waals surface area contributed by atoms with Crippen molar-refractivity contribution in [3.05, 3.63) is 0 Å². The average Bonchev–Trinajstić information content (AvgIpc) is 2.97. The lowest BCUT2D eigenvalue weighted by Gasteiger charge is -2.27. The first-order chi connectivity index (χ1) is 8.16. The second-order valence-corrected chi connectivity index (χ2v) is 7.73. The first kappa shape index (κ1) is 13.6. The maximum atomic E-state index is 12.5. The Balaban J connectivity index is 2.03. The van der Waals surface area contributed by atoms with Crippen molar-refractivity contribution in [2.24, 2.45) is 0 Å². The van der Waals surface area contributed by atoms with Gasteiger partial charge in [0.25, 0.3) is 0 Å². The summed E-state index contributed by atoms with van der Waals surface area (Å²) in [5.41, 5.74) is 0. The van der Waals surface area contributed by atoms with Gasteiger partial charge in [0.2, 0.25) is 10.0 Å². The van der Waals surface area contributed by atoms with Gasteiger partial charge in [0, 0.05) is 18.5 Å². The van der Waals surface area contributed by atoms with Gasteiger partial charge in [0.05, 0.1) is 5.25 Å². The van der Waals surface area contributed by atoms with E-state index in [-0.39, 0.29) is 11.3 Å². The molecular formula is C12H22ClNO2S. The van der Waals surface area contributed by atoms with Crippen molar-refractivity contribution in [1.82, 2.24) is 4.31 Å². The molecule has 17 heavy (non-hydrogen) atoms. The molecule has 100 valence electrons. The largest absolute Gasteiger partial charge is 0.217 e. The van der Waals surface area contributed by atoms with Crippen LogP contribution in [0.5, 0.6) is 0 Å². The van der Waals surface area contributed by atoms with Gasteiger partial charge in [-0.15, -0.1) is 11.6 Å². The van der Waals surface area contributed by atoms with E-state index in [1.165, 1.54) is 0 Å². The van der Waals surface area contributed by atoms with Gasteiger partial charge in [-0.25, -0.2) is 8.42 Å². The lowest BCUT2D eigenvalue weighted by Crippen LogP contribution is -2.40. The van der Waals surface area contributed by atoms with Crippen LogP contribution in [0, 0.1) is 0 Å². The summed E-state index contributed by atoms with van der Waals surface area (Å²) >= 11 is 5.70. The molecule has 5 heteroatoms. The molecule has 0 amide bonds. The van der Waals surface area contributed by atoms with Crippen LogP contribution in [-0.2, 0) is 10.0 Å². The molecule has 1 aliphatic heterocycles. The zero-order valence-corrected chi connectivity index (χ0v) is 11.8. The van der Waals surface area contributed by atoms with Crippen molar-refractivity contribution in [3.63, 3.8) is 0 Å². The van der Waals surface area contributed by atoms with Crippen LogP contribution in [0.4, 0.5) is 0 Å². The molecule has 1 aliphatic carbocycles. The van der Waals surface area contributed by atoms with Crippen LogP contribution in [-0.4, -0.2) is 36.4 Å². The first-order valence-electron chi connectivity index (χ1n) is 6.73. The Morgan fingerprint density at radius 2 is 1.82 bits per heavy atom. The fraction of sp³-hybridized carbons (Fsp3) is 1.00. The normalized spacial score (nSPS) is 27.9. The summed E-state index contributed by atoms with van der Waals surface area (Å²) in [5.74, 6) is 0.633. The fourth-order valence-electron chi connectivity index (χ4n) is 3.12. The standard InChI is InChI=1S/C12H22ClNO2S/c13-9-3-5-11-6-4-10-14(11)17(15,16)12-7-1-2-8-12/h11-12H,1-10H2. The Hall–Kier alpha value is 0.200. The van der Waals surface area contributed by atoms with E-state index in [1.54, 1.807) is 4.31 Å². The zero-order chi connectivity index (χ0) is 12.3. The highest BCUT2D eigenvalue weighted by molar-refractivity contribution is 7.89. The van der Waals surface area contributed by atoms with Crippen LogP contribution < -0.4 is 0 Å². The van der Waals surface area contributed by atoms with Gasteiger partial charge in [-0.2, -0.15) is 4.31 Å². The van der Waals surface area contributed by atoms with E-state index in [0.29, 0.717) is 5.88 Å². The molecule has 0 aromatic carbocycles. The Labute approximate surface area is 110 Å². The van der Waals surface area contributed by atoms with E-state index in [1.807, 2.05) is 0 Å². The summed E-state index contributed by atoms with van der Waals surface area (Å²) in [6.45, 7) is 0.728. The van der Waals surface area contributed by atoms with Crippen LogP contribution in [0.2, 0.25) is 0 Å². The molecule has 0 spiro atoms. The quantitative estimate of drug-likeness (QED) is 0.726. The third-order valence-electron chi connectivity index (χ3n) is 4.04. The Bertz CT molecular complexity index is 338. The molecule has 2 aliphatic rings. The number of alkyl halides is 1. The summed E-state index contributed by atoms with van der Waals surface area (Å²) in [6.07, 6.45) is 7.75. The lowest BCUT2D eigenvalue weighted by molar-refractivity contribution is 0.363. The van der Waals surface area contributed by atoms with E-state index in [0.717, 1.165) is 57.9 Å². The molecule has 0 radical (unpaired) electrons. The number of sulfonamides is 1. The van der Waals surface area contributed by atoms with Crippen LogP contribution in [0.15, 0.2) is 0 Å². The SMILES string of the molecule is O=S(=O)(C1CCCC1)N1CCCC1CCCCl. The molecule has 0 bridgehead atoms. The van der Waals surface area contributed by atoms with Gasteiger partial charge >= 0.3 is 0 Å². The van der Waals surface area contributed by atoms with Gasteiger partial charge in [0.15, 0.2) is 0 Å². The summed E-state index contributed by atoms with van der Waals surface area (Å²) in [7, 11) is -3.03. The van der Waals surface area contributed by atoms with Crippen LogP contribution in [0.25, 0.3) is 0 Å². The molecule has 2 fully saturated rings. The molecule has 1 saturated carbocycles. The molecule has 1 unspecified atom stereocenters. The minimum absolute atomic E-state index is 0.0981. The second-order valence-electron chi connectivity index (χ2n) is 5.19. The van der Waals surface area contributed by atoms with E-state index in [2.05, 4.69) is 0 Å². The second kappa shape index (κ2) is 5.89. The van der Waals surface area contributed by atoms with Crippen LogP contribution >= 0.6 is 11.6 Å². The van der Waals surface area contributed by atoms with Crippen LogP contribution in [0.3, 0.4) is 0 Å². The van der Waals surface area contributed by atoms with Crippen molar-refractivity contribution in [3.8, 4) is 0 Å². The lowest BCUT2D eigenvalue weighted by atomic mass is 10.1. The monoisotopic (exact) mass is 279 g/mol. The summed E-state index contributed by atoms with van der Waals surface area (Å²) in [6, 6.07) is 0.222. The number of hydrogen-bond acceptors (Lipinski definition) is 2. The van der Waals surface area contributed by atoms with Crippen molar-refractivity contribution in [2.75, 3.05) is 12.4 Å². The minimum atomic E-state index is -3.03. The van der Waals surface area contributed by atoms with Crippen molar-refractivity contribution >= 4 is 21.6 Å². The van der Waals surface area contributed by atoms with Crippen molar-refractivity contribution in [1.29, 1.82) is 0 Å². The Kier molecular flexibility index (Phi) is 4.72.